The molecule has 1 saturated heterocycles. The minimum absolute atomic E-state index is 0.00791. The van der Waals surface area contributed by atoms with Gasteiger partial charge in [-0.1, -0.05) is 0 Å². The third-order valence-corrected chi connectivity index (χ3v) is 6.32. The van der Waals surface area contributed by atoms with E-state index in [0.29, 0.717) is 21.6 Å². The molecule has 1 aliphatic rings. The van der Waals surface area contributed by atoms with Crippen LogP contribution < -0.4 is 5.56 Å². The first-order chi connectivity index (χ1) is 12.5. The molecule has 0 spiro atoms. The number of thiophene rings is 1. The number of aromatic nitrogens is 4. The van der Waals surface area contributed by atoms with Crippen molar-refractivity contribution in [1.82, 2.24) is 24.0 Å². The molecule has 0 aromatic carbocycles. The molecule has 0 bridgehead atoms. The van der Waals surface area contributed by atoms with E-state index in [9.17, 15) is 9.59 Å². The van der Waals surface area contributed by atoms with Gasteiger partial charge in [0, 0.05) is 45.5 Å². The molecule has 0 radical (unpaired) electrons. The summed E-state index contributed by atoms with van der Waals surface area (Å²) in [6.45, 7) is 3.23. The Balaban J connectivity index is 1.66. The Hall–Kier alpha value is -2.48. The molecule has 0 N–H and O–H groups in total. The molecule has 1 aliphatic heterocycles. The standard InChI is InChI=1S/C18H21N5O2S/c1-11-13-16(20-10-22(3)17(13)24)26-14(11)18(25)23-7-4-5-12(9-23)15-19-6-8-21(15)2/h6,8,10,12H,4-5,7,9H2,1-3H3/t12-/m1/s1. The first-order valence-corrected chi connectivity index (χ1v) is 9.50. The zero-order valence-electron chi connectivity index (χ0n) is 15.1. The fraction of sp³-hybridized carbons (Fsp3) is 0.444. The van der Waals surface area contributed by atoms with E-state index >= 15 is 0 Å². The van der Waals surface area contributed by atoms with Crippen LogP contribution in [0.15, 0.2) is 23.5 Å². The number of piperidine rings is 1. The normalized spacial score (nSPS) is 17.8. The molecule has 0 aliphatic carbocycles. The molecule has 136 valence electrons. The van der Waals surface area contributed by atoms with Gasteiger partial charge < -0.3 is 14.0 Å². The van der Waals surface area contributed by atoms with E-state index in [1.807, 2.05) is 29.6 Å². The first kappa shape index (κ1) is 17.0. The fourth-order valence-corrected chi connectivity index (χ4v) is 4.81. The van der Waals surface area contributed by atoms with Crippen LogP contribution in [-0.4, -0.2) is 43.0 Å². The summed E-state index contributed by atoms with van der Waals surface area (Å²) >= 11 is 1.31. The molecule has 0 saturated carbocycles. The molecule has 1 atom stereocenters. The Kier molecular flexibility index (Phi) is 4.14. The summed E-state index contributed by atoms with van der Waals surface area (Å²) in [5, 5.41) is 0.556. The zero-order chi connectivity index (χ0) is 18.4. The molecule has 3 aromatic rings. The van der Waals surface area contributed by atoms with Gasteiger partial charge >= 0.3 is 0 Å². The van der Waals surface area contributed by atoms with E-state index in [2.05, 4.69) is 9.97 Å². The van der Waals surface area contributed by atoms with Gasteiger partial charge in [0.05, 0.1) is 16.6 Å². The van der Waals surface area contributed by atoms with Crippen LogP contribution in [0.5, 0.6) is 0 Å². The van der Waals surface area contributed by atoms with Crippen LogP contribution in [0.3, 0.4) is 0 Å². The number of likely N-dealkylation sites (tertiary alicyclic amines) is 1. The SMILES string of the molecule is Cc1c(C(=O)N2CCC[C@@H](c3nccn3C)C2)sc2ncn(C)c(=O)c12. The average molecular weight is 371 g/mol. The molecule has 0 unspecified atom stereocenters. The fourth-order valence-electron chi connectivity index (χ4n) is 3.70. The second-order valence-corrected chi connectivity index (χ2v) is 7.88. The predicted molar refractivity (Wildman–Crippen MR) is 101 cm³/mol. The maximum atomic E-state index is 13.2. The molecule has 8 heteroatoms. The highest BCUT2D eigenvalue weighted by Gasteiger charge is 2.30. The van der Waals surface area contributed by atoms with E-state index in [0.717, 1.165) is 30.8 Å². The summed E-state index contributed by atoms with van der Waals surface area (Å²) in [6.07, 6.45) is 7.23. The van der Waals surface area contributed by atoms with Crippen molar-refractivity contribution in [3.05, 3.63) is 45.3 Å². The predicted octanol–water partition coefficient (Wildman–Crippen LogP) is 2.06. The number of hydrogen-bond donors (Lipinski definition) is 0. The van der Waals surface area contributed by atoms with E-state index in [1.165, 1.54) is 22.2 Å². The lowest BCUT2D eigenvalue weighted by molar-refractivity contribution is 0.0708. The molecule has 7 nitrogen and oxygen atoms in total. The van der Waals surface area contributed by atoms with Crippen molar-refractivity contribution in [2.45, 2.75) is 25.7 Å². The van der Waals surface area contributed by atoms with Crippen LogP contribution in [0, 0.1) is 6.92 Å². The van der Waals surface area contributed by atoms with Gasteiger partial charge in [0.25, 0.3) is 11.5 Å². The van der Waals surface area contributed by atoms with Crippen LogP contribution in [0.25, 0.3) is 10.2 Å². The van der Waals surface area contributed by atoms with Crippen LogP contribution in [0.4, 0.5) is 0 Å². The Morgan fingerprint density at radius 1 is 1.27 bits per heavy atom. The summed E-state index contributed by atoms with van der Waals surface area (Å²) in [6, 6.07) is 0. The first-order valence-electron chi connectivity index (χ1n) is 8.68. The van der Waals surface area contributed by atoms with Gasteiger partial charge in [0.15, 0.2) is 0 Å². The van der Waals surface area contributed by atoms with Crippen LogP contribution in [0.2, 0.25) is 0 Å². The van der Waals surface area contributed by atoms with E-state index in [-0.39, 0.29) is 17.4 Å². The Morgan fingerprint density at radius 2 is 2.08 bits per heavy atom. The van der Waals surface area contributed by atoms with Crippen LogP contribution in [0.1, 0.15) is 39.8 Å². The van der Waals surface area contributed by atoms with Crippen molar-refractivity contribution in [3.8, 4) is 0 Å². The van der Waals surface area contributed by atoms with Gasteiger partial charge in [-0.2, -0.15) is 0 Å². The molecular formula is C18H21N5O2S. The second-order valence-electron chi connectivity index (χ2n) is 6.88. The number of rotatable bonds is 2. The number of imidazole rings is 1. The van der Waals surface area contributed by atoms with Gasteiger partial charge in [-0.15, -0.1) is 11.3 Å². The lowest BCUT2D eigenvalue weighted by atomic mass is 9.97. The number of aryl methyl sites for hydroxylation is 3. The molecule has 1 fully saturated rings. The van der Waals surface area contributed by atoms with Gasteiger partial charge in [-0.05, 0) is 25.3 Å². The number of fused-ring (bicyclic) bond motifs is 1. The minimum Gasteiger partial charge on any atom is -0.338 e. The van der Waals surface area contributed by atoms with Gasteiger partial charge in [-0.25, -0.2) is 9.97 Å². The highest BCUT2D eigenvalue weighted by Crippen LogP contribution is 2.31. The van der Waals surface area contributed by atoms with Gasteiger partial charge in [0.1, 0.15) is 10.7 Å². The lowest BCUT2D eigenvalue weighted by Gasteiger charge is -2.32. The Bertz CT molecular complexity index is 1050. The Labute approximate surface area is 154 Å². The van der Waals surface area contributed by atoms with Crippen LogP contribution >= 0.6 is 11.3 Å². The molecule has 3 aromatic heterocycles. The highest BCUT2D eigenvalue weighted by molar-refractivity contribution is 7.20. The molecule has 4 rings (SSSR count). The van der Waals surface area contributed by atoms with E-state index in [1.54, 1.807) is 13.2 Å². The third-order valence-electron chi connectivity index (χ3n) is 5.14. The van der Waals surface area contributed by atoms with Gasteiger partial charge in [0.2, 0.25) is 0 Å². The topological polar surface area (TPSA) is 73.0 Å². The van der Waals surface area contributed by atoms with Crippen molar-refractivity contribution in [2.24, 2.45) is 14.1 Å². The summed E-state index contributed by atoms with van der Waals surface area (Å²) in [5.74, 6) is 1.26. The molecule has 4 heterocycles. The van der Waals surface area contributed by atoms with Crippen molar-refractivity contribution in [3.63, 3.8) is 0 Å². The second kappa shape index (κ2) is 6.35. The largest absolute Gasteiger partial charge is 0.338 e. The van der Waals surface area contributed by atoms with Crippen molar-refractivity contribution < 1.29 is 4.79 Å². The Morgan fingerprint density at radius 3 is 2.81 bits per heavy atom. The summed E-state index contributed by atoms with van der Waals surface area (Å²) in [5.41, 5.74) is 0.634. The summed E-state index contributed by atoms with van der Waals surface area (Å²) < 4.78 is 3.48. The van der Waals surface area contributed by atoms with E-state index < -0.39 is 0 Å². The quantitative estimate of drug-likeness (QED) is 0.691. The molecule has 1 amide bonds. The number of carbonyl (C=O) groups excluding carboxylic acids is 1. The van der Waals surface area contributed by atoms with Crippen molar-refractivity contribution in [1.29, 1.82) is 0 Å². The lowest BCUT2D eigenvalue weighted by Crippen LogP contribution is -2.39. The molecule has 26 heavy (non-hydrogen) atoms. The van der Waals surface area contributed by atoms with Gasteiger partial charge in [-0.3, -0.25) is 9.59 Å². The minimum atomic E-state index is -0.104. The third kappa shape index (κ3) is 2.65. The maximum Gasteiger partial charge on any atom is 0.264 e. The number of amides is 1. The highest BCUT2D eigenvalue weighted by atomic mass is 32.1. The van der Waals surface area contributed by atoms with Crippen molar-refractivity contribution in [2.75, 3.05) is 13.1 Å². The zero-order valence-corrected chi connectivity index (χ0v) is 15.9. The number of nitrogens with zero attached hydrogens (tertiary/aromatic N) is 5. The monoisotopic (exact) mass is 371 g/mol. The molecular weight excluding hydrogens is 350 g/mol. The summed E-state index contributed by atoms with van der Waals surface area (Å²) in [7, 11) is 3.66. The summed E-state index contributed by atoms with van der Waals surface area (Å²) in [4.78, 5) is 37.5. The average Bonchev–Trinajstić information content (AvgIpc) is 3.21. The van der Waals surface area contributed by atoms with E-state index in [4.69, 9.17) is 0 Å². The van der Waals surface area contributed by atoms with Crippen molar-refractivity contribution >= 4 is 27.5 Å². The number of hydrogen-bond acceptors (Lipinski definition) is 5. The van der Waals surface area contributed by atoms with Crippen LogP contribution in [-0.2, 0) is 14.1 Å². The smallest absolute Gasteiger partial charge is 0.264 e. The number of carbonyl (C=O) groups is 1. The maximum absolute atomic E-state index is 13.2.